The summed E-state index contributed by atoms with van der Waals surface area (Å²) in [5.74, 6) is 0. The smallest absolute Gasteiger partial charge is 0.151 e. The predicted molar refractivity (Wildman–Crippen MR) is 54.6 cm³/mol. The molecule has 0 radical (unpaired) electrons. The zero-order valence-corrected chi connectivity index (χ0v) is 9.46. The summed E-state index contributed by atoms with van der Waals surface area (Å²) in [4.78, 5) is 10.6. The fourth-order valence-electron chi connectivity index (χ4n) is 1.18. The molecule has 0 aromatic carbocycles. The van der Waals surface area contributed by atoms with Crippen LogP contribution in [-0.2, 0) is 18.5 Å². The van der Waals surface area contributed by atoms with Gasteiger partial charge in [0, 0.05) is 14.2 Å². The molecule has 4 atom stereocenters. The van der Waals surface area contributed by atoms with Gasteiger partial charge in [-0.1, -0.05) is 0 Å². The Labute approximate surface area is 93.7 Å². The number of ether oxygens (including phenoxy) is 2. The molecule has 0 aliphatic heterocycles. The SMILES string of the molecule is CO[C@@H]([C@H](OS)[C@H](O)CO)[C@H](C=O)OC. The zero-order valence-electron chi connectivity index (χ0n) is 8.57. The fraction of sp³-hybridized carbons (Fsp3) is 0.875. The van der Waals surface area contributed by atoms with E-state index in [4.69, 9.17) is 14.6 Å². The van der Waals surface area contributed by atoms with Crippen LogP contribution in [0.2, 0.25) is 0 Å². The number of thiol groups is 1. The molecule has 0 aliphatic rings. The molecular weight excluding hydrogens is 224 g/mol. The number of rotatable bonds is 8. The maximum atomic E-state index is 10.6. The van der Waals surface area contributed by atoms with E-state index in [1.807, 2.05) is 0 Å². The highest BCUT2D eigenvalue weighted by Gasteiger charge is 2.35. The number of methoxy groups -OCH3 is 2. The van der Waals surface area contributed by atoms with Gasteiger partial charge in [-0.25, -0.2) is 0 Å². The lowest BCUT2D eigenvalue weighted by molar-refractivity contribution is -0.141. The molecule has 0 fully saturated rings. The Kier molecular flexibility index (Phi) is 7.93. The van der Waals surface area contributed by atoms with E-state index < -0.39 is 31.0 Å². The number of carbonyl (C=O) groups excluding carboxylic acids is 1. The first-order valence-electron chi connectivity index (χ1n) is 4.26. The minimum atomic E-state index is -1.20. The Balaban J connectivity index is 4.64. The van der Waals surface area contributed by atoms with E-state index in [9.17, 15) is 9.90 Å². The van der Waals surface area contributed by atoms with E-state index in [-0.39, 0.29) is 0 Å². The molecule has 0 spiro atoms. The largest absolute Gasteiger partial charge is 0.394 e. The van der Waals surface area contributed by atoms with E-state index in [2.05, 4.69) is 17.1 Å². The van der Waals surface area contributed by atoms with Crippen molar-refractivity contribution in [2.24, 2.45) is 0 Å². The topological polar surface area (TPSA) is 85.2 Å². The average molecular weight is 240 g/mol. The predicted octanol–water partition coefficient (Wildman–Crippen LogP) is -1.20. The Bertz CT molecular complexity index is 179. The van der Waals surface area contributed by atoms with Gasteiger partial charge in [-0.05, 0) is 12.9 Å². The lowest BCUT2D eigenvalue weighted by Crippen LogP contribution is -2.48. The summed E-state index contributed by atoms with van der Waals surface area (Å²) in [7, 11) is 2.66. The quantitative estimate of drug-likeness (QED) is 0.281. The standard InChI is InChI=1S/C8H16O6S/c1-12-6(4-10)8(13-2)7(14-15)5(11)3-9/h4-9,11,15H,3H2,1-2H3/t5-,6+,7-,8-/m1/s1. The third-order valence-electron chi connectivity index (χ3n) is 2.01. The van der Waals surface area contributed by atoms with Crippen molar-refractivity contribution in [3.63, 3.8) is 0 Å². The summed E-state index contributed by atoms with van der Waals surface area (Å²) < 4.78 is 14.5. The van der Waals surface area contributed by atoms with Gasteiger partial charge in [0.2, 0.25) is 0 Å². The molecule has 2 N–H and O–H groups in total. The third kappa shape index (κ3) is 4.06. The molecule has 15 heavy (non-hydrogen) atoms. The van der Waals surface area contributed by atoms with E-state index in [0.717, 1.165) is 0 Å². The van der Waals surface area contributed by atoms with E-state index in [1.54, 1.807) is 0 Å². The molecule has 0 saturated carbocycles. The second-order valence-corrected chi connectivity index (χ2v) is 3.07. The van der Waals surface area contributed by atoms with Gasteiger partial charge >= 0.3 is 0 Å². The number of aliphatic hydroxyl groups is 2. The molecule has 0 unspecified atom stereocenters. The van der Waals surface area contributed by atoms with Gasteiger partial charge in [0.25, 0.3) is 0 Å². The summed E-state index contributed by atoms with van der Waals surface area (Å²) in [5, 5.41) is 18.1. The summed E-state index contributed by atoms with van der Waals surface area (Å²) in [6.07, 6.45) is -3.37. The molecule has 0 rings (SSSR count). The number of aldehydes is 1. The lowest BCUT2D eigenvalue weighted by atomic mass is 10.0. The van der Waals surface area contributed by atoms with Crippen LogP contribution in [0.4, 0.5) is 0 Å². The summed E-state index contributed by atoms with van der Waals surface area (Å²) in [6, 6.07) is 0. The van der Waals surface area contributed by atoms with Gasteiger partial charge in [0.1, 0.15) is 24.4 Å². The van der Waals surface area contributed by atoms with Gasteiger partial charge in [-0.2, -0.15) is 0 Å². The normalized spacial score (nSPS) is 19.3. The Morgan fingerprint density at radius 2 is 1.93 bits per heavy atom. The molecule has 0 bridgehead atoms. The maximum absolute atomic E-state index is 10.6. The summed E-state index contributed by atoms with van der Waals surface area (Å²) >= 11 is 3.55. The Morgan fingerprint density at radius 1 is 1.33 bits per heavy atom. The van der Waals surface area contributed by atoms with Crippen molar-refractivity contribution >= 4 is 19.2 Å². The highest BCUT2D eigenvalue weighted by Crippen LogP contribution is 2.14. The van der Waals surface area contributed by atoms with Crippen LogP contribution in [-0.4, -0.2) is 61.7 Å². The average Bonchev–Trinajstić information content (AvgIpc) is 2.28. The van der Waals surface area contributed by atoms with Crippen molar-refractivity contribution in [3.8, 4) is 0 Å². The van der Waals surface area contributed by atoms with E-state index in [1.165, 1.54) is 14.2 Å². The minimum absolute atomic E-state index is 0.526. The Morgan fingerprint density at radius 3 is 2.20 bits per heavy atom. The van der Waals surface area contributed by atoms with Crippen LogP contribution >= 0.6 is 12.9 Å². The molecule has 0 aromatic rings. The molecule has 0 saturated heterocycles. The first-order chi connectivity index (χ1) is 7.15. The summed E-state index contributed by atoms with van der Waals surface area (Å²) in [5.41, 5.74) is 0. The van der Waals surface area contributed by atoms with E-state index >= 15 is 0 Å². The molecule has 0 aromatic heterocycles. The van der Waals surface area contributed by atoms with Crippen LogP contribution in [0.1, 0.15) is 0 Å². The maximum Gasteiger partial charge on any atom is 0.151 e. The first-order valence-corrected chi connectivity index (χ1v) is 4.62. The van der Waals surface area contributed by atoms with Crippen molar-refractivity contribution in [2.75, 3.05) is 20.8 Å². The van der Waals surface area contributed by atoms with Crippen molar-refractivity contribution in [3.05, 3.63) is 0 Å². The van der Waals surface area contributed by atoms with Gasteiger partial charge < -0.3 is 28.7 Å². The van der Waals surface area contributed by atoms with Crippen LogP contribution in [0.5, 0.6) is 0 Å². The van der Waals surface area contributed by atoms with Crippen LogP contribution in [0.15, 0.2) is 0 Å². The number of carbonyl (C=O) groups is 1. The fourth-order valence-corrected chi connectivity index (χ4v) is 1.44. The van der Waals surface area contributed by atoms with Crippen molar-refractivity contribution in [1.82, 2.24) is 0 Å². The number of hydrogen-bond acceptors (Lipinski definition) is 7. The second-order valence-electron chi connectivity index (χ2n) is 2.86. The van der Waals surface area contributed by atoms with Crippen molar-refractivity contribution < 1.29 is 28.7 Å². The number of aliphatic hydroxyl groups excluding tert-OH is 2. The number of hydrogen-bond donors (Lipinski definition) is 3. The molecule has 0 heterocycles. The second kappa shape index (κ2) is 8.03. The lowest BCUT2D eigenvalue weighted by Gasteiger charge is -2.29. The molecule has 6 nitrogen and oxygen atoms in total. The van der Waals surface area contributed by atoms with Crippen LogP contribution in [0.25, 0.3) is 0 Å². The highest BCUT2D eigenvalue weighted by molar-refractivity contribution is 7.75. The van der Waals surface area contributed by atoms with Crippen molar-refractivity contribution in [1.29, 1.82) is 0 Å². The van der Waals surface area contributed by atoms with Crippen LogP contribution in [0.3, 0.4) is 0 Å². The molecular formula is C8H16O6S. The Hall–Kier alpha value is -0.180. The molecule has 0 aliphatic carbocycles. The molecule has 90 valence electrons. The molecule has 0 amide bonds. The highest BCUT2D eigenvalue weighted by atomic mass is 32.1. The van der Waals surface area contributed by atoms with Crippen LogP contribution in [0, 0.1) is 0 Å². The van der Waals surface area contributed by atoms with Gasteiger partial charge in [0.05, 0.1) is 6.61 Å². The van der Waals surface area contributed by atoms with Gasteiger partial charge in [0.15, 0.2) is 6.29 Å². The van der Waals surface area contributed by atoms with Gasteiger partial charge in [-0.3, -0.25) is 0 Å². The van der Waals surface area contributed by atoms with E-state index in [0.29, 0.717) is 6.29 Å². The first kappa shape index (κ1) is 14.8. The third-order valence-corrected chi connectivity index (χ3v) is 2.26. The minimum Gasteiger partial charge on any atom is -0.394 e. The monoisotopic (exact) mass is 240 g/mol. The molecule has 7 heteroatoms. The summed E-state index contributed by atoms with van der Waals surface area (Å²) in [6.45, 7) is -0.527. The van der Waals surface area contributed by atoms with Gasteiger partial charge in [-0.15, -0.1) is 0 Å². The van der Waals surface area contributed by atoms with Crippen LogP contribution < -0.4 is 0 Å². The van der Waals surface area contributed by atoms with Crippen molar-refractivity contribution in [2.45, 2.75) is 24.4 Å². The zero-order chi connectivity index (χ0) is 11.8.